The molecule has 1 radical (unpaired) electrons. The van der Waals surface area contributed by atoms with Crippen LogP contribution < -0.4 is 0 Å². The number of aliphatic hydroxyl groups excluding tert-OH is 1. The molecule has 0 aliphatic heterocycles. The van der Waals surface area contributed by atoms with Crippen LogP contribution in [-0.2, 0) is 24.9 Å². The second-order valence-electron chi connectivity index (χ2n) is 10.2. The van der Waals surface area contributed by atoms with Gasteiger partial charge in [0.1, 0.15) is 0 Å². The summed E-state index contributed by atoms with van der Waals surface area (Å²) in [7, 11) is 0. The second-order valence-corrected chi connectivity index (χ2v) is 10.2. The number of nitrogens with zero attached hydrogens (tertiary/aromatic N) is 1. The molecule has 0 unspecified atom stereocenters. The fourth-order valence-electron chi connectivity index (χ4n) is 4.46. The average Bonchev–Trinajstić information content (AvgIpc) is 3.31. The molecule has 1 N–H and O–H groups in total. The number of benzene rings is 3. The summed E-state index contributed by atoms with van der Waals surface area (Å²) in [5.41, 5.74) is 6.50. The van der Waals surface area contributed by atoms with Crippen molar-refractivity contribution in [3.8, 4) is 22.6 Å². The van der Waals surface area contributed by atoms with Crippen LogP contribution in [0.25, 0.3) is 44.3 Å². The van der Waals surface area contributed by atoms with Gasteiger partial charge in [-0.15, -0.1) is 12.1 Å². The maximum absolute atomic E-state index is 10.0. The Labute approximate surface area is 244 Å². The molecule has 0 amide bonds. The van der Waals surface area contributed by atoms with Crippen LogP contribution in [0.3, 0.4) is 0 Å². The molecule has 0 aliphatic carbocycles. The van der Waals surface area contributed by atoms with E-state index in [0.717, 1.165) is 33.6 Å². The largest absolute Gasteiger partial charge is 0.512 e. The molecule has 0 aliphatic rings. The van der Waals surface area contributed by atoms with E-state index in [0.29, 0.717) is 11.8 Å². The number of ketones is 1. The fourth-order valence-corrected chi connectivity index (χ4v) is 4.46. The van der Waals surface area contributed by atoms with Crippen molar-refractivity contribution in [1.82, 2.24) is 4.98 Å². The average molecular weight is 697 g/mol. The molecule has 0 spiro atoms. The first kappa shape index (κ1) is 30.0. The first-order valence-electron chi connectivity index (χ1n) is 13.0. The van der Waals surface area contributed by atoms with Gasteiger partial charge in [0, 0.05) is 43.6 Å². The molecule has 2 aromatic heterocycles. The van der Waals surface area contributed by atoms with Crippen LogP contribution >= 0.6 is 0 Å². The van der Waals surface area contributed by atoms with Crippen LogP contribution in [-0.4, -0.2) is 15.9 Å². The number of rotatable bonds is 5. The quantitative estimate of drug-likeness (QED) is 0.113. The van der Waals surface area contributed by atoms with Crippen LogP contribution in [0.5, 0.6) is 0 Å². The predicted molar refractivity (Wildman–Crippen MR) is 156 cm³/mol. The van der Waals surface area contributed by atoms with Gasteiger partial charge in [0.25, 0.3) is 0 Å². The molecule has 2 heterocycles. The predicted octanol–water partition coefficient (Wildman–Crippen LogP) is 9.40. The monoisotopic (exact) mass is 697 g/mol. The van der Waals surface area contributed by atoms with E-state index in [1.807, 2.05) is 24.4 Å². The van der Waals surface area contributed by atoms with Crippen molar-refractivity contribution in [2.45, 2.75) is 53.4 Å². The molecule has 0 saturated heterocycles. The number of aliphatic hydroxyl groups is 1. The topological polar surface area (TPSA) is 63.3 Å². The number of carbonyl (C=O) groups is 1. The molecule has 0 atom stereocenters. The molecular weight excluding hydrogens is 663 g/mol. The SMILES string of the molecule is CC(=O)/C=C(/C)O.CC(C)c1ccc2ccnc(-c3[c-]c4cc(-c5ccccc5)oc4c(C(C)C)c3)c2c1.[Ir]. The summed E-state index contributed by atoms with van der Waals surface area (Å²) in [5, 5.41) is 11.7. The van der Waals surface area contributed by atoms with Gasteiger partial charge in [-0.25, -0.2) is 0 Å². The Bertz CT molecular complexity index is 1610. The molecule has 5 rings (SSSR count). The van der Waals surface area contributed by atoms with Crippen molar-refractivity contribution in [3.05, 3.63) is 102 Å². The molecule has 0 saturated carbocycles. The van der Waals surface area contributed by atoms with E-state index >= 15 is 0 Å². The van der Waals surface area contributed by atoms with Gasteiger partial charge < -0.3 is 9.52 Å². The number of carbonyl (C=O) groups excluding carboxylic acids is 1. The van der Waals surface area contributed by atoms with Gasteiger partial charge in [-0.1, -0.05) is 98.8 Å². The van der Waals surface area contributed by atoms with E-state index in [4.69, 9.17) is 14.5 Å². The Morgan fingerprint density at radius 3 is 2.26 bits per heavy atom. The van der Waals surface area contributed by atoms with Gasteiger partial charge in [-0.3, -0.25) is 9.78 Å². The van der Waals surface area contributed by atoms with E-state index in [1.165, 1.54) is 41.8 Å². The minimum Gasteiger partial charge on any atom is -0.512 e. The molecular formula is C34H34IrNO3-. The van der Waals surface area contributed by atoms with Crippen molar-refractivity contribution in [3.63, 3.8) is 0 Å². The first-order valence-corrected chi connectivity index (χ1v) is 13.0. The summed E-state index contributed by atoms with van der Waals surface area (Å²) in [4.78, 5) is 14.8. The summed E-state index contributed by atoms with van der Waals surface area (Å²) < 4.78 is 6.32. The van der Waals surface area contributed by atoms with Crippen LogP contribution in [0.15, 0.2) is 89.2 Å². The summed E-state index contributed by atoms with van der Waals surface area (Å²) >= 11 is 0. The maximum atomic E-state index is 10.0. The van der Waals surface area contributed by atoms with Crippen molar-refractivity contribution in [2.75, 3.05) is 0 Å². The zero-order valence-electron chi connectivity index (χ0n) is 23.2. The standard InChI is InChI=1S/C29H26NO.C5H8O2.Ir/c1-18(2)22-11-10-20-12-13-30-28(26(20)15-22)23-14-24-17-27(21-8-6-5-7-9-21)31-29(24)25(16-23)19(3)4;1-4(6)3-5(2)7;/h5-13,15-19H,1-4H3;3,6H,1-2H3;/q-1;;/b;4-3-;. The van der Waals surface area contributed by atoms with Crippen molar-refractivity contribution in [2.24, 2.45) is 0 Å². The molecule has 3 aromatic carbocycles. The summed E-state index contributed by atoms with van der Waals surface area (Å²) in [6, 6.07) is 26.9. The molecule has 203 valence electrons. The Balaban J connectivity index is 0.000000468. The first-order chi connectivity index (χ1) is 18.1. The third-order valence-corrected chi connectivity index (χ3v) is 6.37. The number of hydrogen-bond donors (Lipinski definition) is 1. The van der Waals surface area contributed by atoms with E-state index < -0.39 is 0 Å². The van der Waals surface area contributed by atoms with Gasteiger partial charge in [0.15, 0.2) is 5.78 Å². The normalized spacial score (nSPS) is 11.4. The Hall–Kier alpha value is -3.53. The minimum atomic E-state index is -0.125. The summed E-state index contributed by atoms with van der Waals surface area (Å²) in [6.45, 7) is 11.7. The number of furan rings is 1. The van der Waals surface area contributed by atoms with Crippen molar-refractivity contribution >= 4 is 27.5 Å². The van der Waals surface area contributed by atoms with Crippen LogP contribution in [0, 0.1) is 6.07 Å². The number of fused-ring (bicyclic) bond motifs is 2. The molecule has 0 fully saturated rings. The fraction of sp³-hybridized carbons (Fsp3) is 0.235. The molecule has 39 heavy (non-hydrogen) atoms. The third-order valence-electron chi connectivity index (χ3n) is 6.37. The number of hydrogen-bond acceptors (Lipinski definition) is 4. The number of allylic oxidation sites excluding steroid dienone is 2. The van der Waals surface area contributed by atoms with Gasteiger partial charge in [-0.05, 0) is 48.1 Å². The van der Waals surface area contributed by atoms with Crippen LogP contribution in [0.4, 0.5) is 0 Å². The molecule has 5 aromatic rings. The Morgan fingerprint density at radius 1 is 0.949 bits per heavy atom. The third kappa shape index (κ3) is 7.11. The Kier molecular flexibility index (Phi) is 10.0. The van der Waals surface area contributed by atoms with Gasteiger partial charge in [-0.2, -0.15) is 0 Å². The van der Waals surface area contributed by atoms with Crippen LogP contribution in [0.1, 0.15) is 64.5 Å². The number of pyridine rings is 1. The summed E-state index contributed by atoms with van der Waals surface area (Å²) in [6.07, 6.45) is 3.06. The van der Waals surface area contributed by atoms with E-state index in [1.54, 1.807) is 0 Å². The van der Waals surface area contributed by atoms with Crippen molar-refractivity contribution < 1.29 is 34.4 Å². The molecule has 0 bridgehead atoms. The smallest absolute Gasteiger partial charge is 0.155 e. The van der Waals surface area contributed by atoms with Crippen molar-refractivity contribution in [1.29, 1.82) is 0 Å². The van der Waals surface area contributed by atoms with Gasteiger partial charge in [0.05, 0.1) is 17.1 Å². The van der Waals surface area contributed by atoms with Crippen LogP contribution in [0.2, 0.25) is 0 Å². The van der Waals surface area contributed by atoms with E-state index in [9.17, 15) is 4.79 Å². The zero-order valence-corrected chi connectivity index (χ0v) is 25.6. The molecule has 4 nitrogen and oxygen atoms in total. The molecule has 5 heteroatoms. The van der Waals surface area contributed by atoms with Gasteiger partial charge in [0.2, 0.25) is 0 Å². The van der Waals surface area contributed by atoms with Gasteiger partial charge >= 0.3 is 0 Å². The number of aromatic nitrogens is 1. The second kappa shape index (κ2) is 13.0. The minimum absolute atomic E-state index is 0. The maximum Gasteiger partial charge on any atom is 0.155 e. The van der Waals surface area contributed by atoms with E-state index in [-0.39, 0.29) is 31.6 Å². The zero-order chi connectivity index (χ0) is 27.4. The Morgan fingerprint density at radius 2 is 1.67 bits per heavy atom. The van der Waals surface area contributed by atoms with E-state index in [2.05, 4.69) is 82.3 Å². The summed E-state index contributed by atoms with van der Waals surface area (Å²) in [5.74, 6) is 1.61.